The lowest BCUT2D eigenvalue weighted by atomic mass is 10.2. The highest BCUT2D eigenvalue weighted by Gasteiger charge is 2.09. The molecule has 0 aliphatic carbocycles. The van der Waals surface area contributed by atoms with Crippen molar-refractivity contribution in [2.24, 2.45) is 0 Å². The largest absolute Gasteiger partial charge is 0.279 e. The summed E-state index contributed by atoms with van der Waals surface area (Å²) >= 11 is 6.00. The van der Waals surface area contributed by atoms with Gasteiger partial charge in [-0.25, -0.2) is 0 Å². The van der Waals surface area contributed by atoms with E-state index in [9.17, 15) is 9.59 Å². The Hall–Kier alpha value is -1.82. The van der Waals surface area contributed by atoms with Gasteiger partial charge in [0.15, 0.2) is 0 Å². The number of amides is 2. The highest BCUT2D eigenvalue weighted by Crippen LogP contribution is 2.21. The number of rotatable bonds is 5. The number of carbonyl (C=O) groups excluding carboxylic acids is 2. The SMILES string of the molecule is N#Cc1ccc(CSCC(=O)NNC(=O)c2ccc(Br)s2)cc1. The van der Waals surface area contributed by atoms with Crippen LogP contribution in [0.5, 0.6) is 0 Å². The normalized spacial score (nSPS) is 9.91. The molecule has 0 unspecified atom stereocenters. The highest BCUT2D eigenvalue weighted by atomic mass is 79.9. The number of nitriles is 1. The van der Waals surface area contributed by atoms with Crippen molar-refractivity contribution >= 4 is 50.8 Å². The van der Waals surface area contributed by atoms with Gasteiger partial charge >= 0.3 is 0 Å². The Bertz CT molecular complexity index is 738. The summed E-state index contributed by atoms with van der Waals surface area (Å²) in [5.41, 5.74) is 6.41. The fourth-order valence-electron chi connectivity index (χ4n) is 1.60. The Morgan fingerprint density at radius 3 is 2.52 bits per heavy atom. The average Bonchev–Trinajstić information content (AvgIpc) is 3.00. The Kier molecular flexibility index (Phi) is 6.65. The van der Waals surface area contributed by atoms with Gasteiger partial charge in [0.25, 0.3) is 5.91 Å². The third-order valence-electron chi connectivity index (χ3n) is 2.70. The molecule has 2 N–H and O–H groups in total. The van der Waals surface area contributed by atoms with Gasteiger partial charge in [0.05, 0.1) is 26.0 Å². The number of hydrogen-bond acceptors (Lipinski definition) is 5. The molecule has 0 saturated carbocycles. The van der Waals surface area contributed by atoms with E-state index in [0.717, 1.165) is 9.35 Å². The van der Waals surface area contributed by atoms with Crippen LogP contribution in [0.2, 0.25) is 0 Å². The lowest BCUT2D eigenvalue weighted by Gasteiger charge is -2.06. The van der Waals surface area contributed by atoms with Crippen molar-refractivity contribution in [3.8, 4) is 6.07 Å². The van der Waals surface area contributed by atoms with Gasteiger partial charge in [-0.2, -0.15) is 5.26 Å². The maximum absolute atomic E-state index is 11.7. The van der Waals surface area contributed by atoms with Gasteiger partial charge in [0, 0.05) is 5.75 Å². The minimum absolute atomic E-state index is 0.231. The Balaban J connectivity index is 1.68. The number of thioether (sulfide) groups is 1. The fraction of sp³-hybridized carbons (Fsp3) is 0.133. The van der Waals surface area contributed by atoms with E-state index < -0.39 is 0 Å². The van der Waals surface area contributed by atoms with E-state index in [0.29, 0.717) is 16.2 Å². The summed E-state index contributed by atoms with van der Waals surface area (Å²) in [7, 11) is 0. The zero-order chi connectivity index (χ0) is 16.7. The fourth-order valence-corrected chi connectivity index (χ4v) is 3.67. The van der Waals surface area contributed by atoms with Crippen LogP contribution in [-0.4, -0.2) is 17.6 Å². The van der Waals surface area contributed by atoms with Crippen molar-refractivity contribution < 1.29 is 9.59 Å². The monoisotopic (exact) mass is 409 g/mol. The van der Waals surface area contributed by atoms with Crippen LogP contribution in [-0.2, 0) is 10.5 Å². The second-order valence-corrected chi connectivity index (χ2v) is 7.86. The molecule has 2 rings (SSSR count). The summed E-state index contributed by atoms with van der Waals surface area (Å²) in [6.45, 7) is 0. The molecule has 1 aromatic heterocycles. The van der Waals surface area contributed by atoms with Crippen LogP contribution in [0.3, 0.4) is 0 Å². The van der Waals surface area contributed by atoms with Crippen LogP contribution in [0.15, 0.2) is 40.2 Å². The summed E-state index contributed by atoms with van der Waals surface area (Å²) < 4.78 is 0.854. The molecule has 0 aliphatic heterocycles. The van der Waals surface area contributed by atoms with Crippen molar-refractivity contribution in [3.63, 3.8) is 0 Å². The van der Waals surface area contributed by atoms with Crippen molar-refractivity contribution in [3.05, 3.63) is 56.2 Å². The van der Waals surface area contributed by atoms with Crippen LogP contribution in [0.1, 0.15) is 20.8 Å². The minimum Gasteiger partial charge on any atom is -0.272 e. The first-order chi connectivity index (χ1) is 11.1. The number of hydrazine groups is 1. The molecule has 0 aliphatic rings. The summed E-state index contributed by atoms with van der Waals surface area (Å²) in [6.07, 6.45) is 0. The van der Waals surface area contributed by atoms with Crippen molar-refractivity contribution in [2.45, 2.75) is 5.75 Å². The summed E-state index contributed by atoms with van der Waals surface area (Å²) in [6, 6.07) is 12.7. The molecule has 0 saturated heterocycles. The average molecular weight is 410 g/mol. The maximum Gasteiger partial charge on any atom is 0.279 e. The molecule has 2 aromatic rings. The predicted octanol–water partition coefficient (Wildman–Crippen LogP) is 3.08. The molecule has 0 spiro atoms. The Labute approximate surface area is 150 Å². The molecule has 2 amide bonds. The Morgan fingerprint density at radius 1 is 1.17 bits per heavy atom. The predicted molar refractivity (Wildman–Crippen MR) is 94.9 cm³/mol. The molecule has 0 atom stereocenters. The molecule has 8 heteroatoms. The van der Waals surface area contributed by atoms with Crippen LogP contribution >= 0.6 is 39.0 Å². The quantitative estimate of drug-likeness (QED) is 0.743. The standard InChI is InChI=1S/C15H12BrN3O2S2/c16-13-6-5-12(23-13)15(21)19-18-14(20)9-22-8-11-3-1-10(7-17)2-4-11/h1-6H,8-9H2,(H,18,20)(H,19,21). The molecule has 5 nitrogen and oxygen atoms in total. The van der Waals surface area contributed by atoms with Crippen molar-refractivity contribution in [1.29, 1.82) is 5.26 Å². The molecule has 118 valence electrons. The third-order valence-corrected chi connectivity index (χ3v) is 5.32. The molecule has 1 aromatic carbocycles. The van der Waals surface area contributed by atoms with Crippen LogP contribution < -0.4 is 10.9 Å². The summed E-state index contributed by atoms with van der Waals surface area (Å²) in [5.74, 6) is 0.276. The van der Waals surface area contributed by atoms with E-state index in [1.807, 2.05) is 12.1 Å². The first kappa shape index (κ1) is 17.5. The minimum atomic E-state index is -0.342. The number of halogens is 1. The van der Waals surface area contributed by atoms with Gasteiger partial charge in [0.2, 0.25) is 5.91 Å². The third kappa shape index (κ3) is 5.71. The molecular weight excluding hydrogens is 398 g/mol. The van der Waals surface area contributed by atoms with E-state index in [-0.39, 0.29) is 17.6 Å². The zero-order valence-electron chi connectivity index (χ0n) is 11.8. The highest BCUT2D eigenvalue weighted by molar-refractivity contribution is 9.11. The molecule has 0 bridgehead atoms. The smallest absolute Gasteiger partial charge is 0.272 e. The summed E-state index contributed by atoms with van der Waals surface area (Å²) in [5, 5.41) is 8.72. The van der Waals surface area contributed by atoms with Gasteiger partial charge in [0.1, 0.15) is 0 Å². The Morgan fingerprint density at radius 2 is 1.91 bits per heavy atom. The lowest BCUT2D eigenvalue weighted by Crippen LogP contribution is -2.42. The van der Waals surface area contributed by atoms with Gasteiger partial charge in [-0.15, -0.1) is 23.1 Å². The molecule has 0 radical (unpaired) electrons. The number of thiophene rings is 1. The van der Waals surface area contributed by atoms with Crippen LogP contribution in [0.25, 0.3) is 0 Å². The molecular formula is C15H12BrN3O2S2. The number of carbonyl (C=O) groups is 2. The number of nitrogens with one attached hydrogen (secondary N) is 2. The van der Waals surface area contributed by atoms with E-state index in [1.54, 1.807) is 24.3 Å². The maximum atomic E-state index is 11.7. The van der Waals surface area contributed by atoms with Crippen molar-refractivity contribution in [2.75, 3.05) is 5.75 Å². The lowest BCUT2D eigenvalue weighted by molar-refractivity contribution is -0.119. The number of nitrogens with zero attached hydrogens (tertiary/aromatic N) is 1. The van der Waals surface area contributed by atoms with Gasteiger partial charge in [-0.1, -0.05) is 12.1 Å². The van der Waals surface area contributed by atoms with Crippen LogP contribution in [0, 0.1) is 11.3 Å². The van der Waals surface area contributed by atoms with E-state index in [2.05, 4.69) is 32.9 Å². The number of benzene rings is 1. The van der Waals surface area contributed by atoms with Gasteiger partial charge < -0.3 is 0 Å². The zero-order valence-corrected chi connectivity index (χ0v) is 15.1. The second kappa shape index (κ2) is 8.72. The van der Waals surface area contributed by atoms with Crippen LogP contribution in [0.4, 0.5) is 0 Å². The topological polar surface area (TPSA) is 82.0 Å². The van der Waals surface area contributed by atoms with E-state index in [4.69, 9.17) is 5.26 Å². The first-order valence-electron chi connectivity index (χ1n) is 6.50. The van der Waals surface area contributed by atoms with Crippen molar-refractivity contribution in [1.82, 2.24) is 10.9 Å². The van der Waals surface area contributed by atoms with Gasteiger partial charge in [-0.05, 0) is 45.8 Å². The van der Waals surface area contributed by atoms with Gasteiger partial charge in [-0.3, -0.25) is 20.4 Å². The number of hydrogen-bond donors (Lipinski definition) is 2. The molecule has 0 fully saturated rings. The molecule has 23 heavy (non-hydrogen) atoms. The van der Waals surface area contributed by atoms with E-state index in [1.165, 1.54) is 23.1 Å². The first-order valence-corrected chi connectivity index (χ1v) is 9.26. The summed E-state index contributed by atoms with van der Waals surface area (Å²) in [4.78, 5) is 23.9. The molecule has 1 heterocycles. The van der Waals surface area contributed by atoms with E-state index >= 15 is 0 Å². The second-order valence-electron chi connectivity index (χ2n) is 4.41.